The number of hydrogen-bond acceptors (Lipinski definition) is 11. The number of fused-ring (bicyclic) bond motifs is 1. The number of thioether (sulfide) groups is 1. The van der Waals surface area contributed by atoms with Crippen LogP contribution in [0.5, 0.6) is 0 Å². The lowest BCUT2D eigenvalue weighted by atomic mass is 10.0. The molecule has 168 valence electrons. The summed E-state index contributed by atoms with van der Waals surface area (Å²) >= 11 is 2.32. The monoisotopic (exact) mass is 479 g/mol. The summed E-state index contributed by atoms with van der Waals surface area (Å²) in [5.74, 6) is -0.636. The van der Waals surface area contributed by atoms with Gasteiger partial charge >= 0.3 is 11.9 Å². The van der Waals surface area contributed by atoms with Crippen molar-refractivity contribution < 1.29 is 33.9 Å². The molecular weight excluding hydrogens is 462 g/mol. The molecule has 2 atom stereocenters. The molecule has 1 aromatic heterocycles. The van der Waals surface area contributed by atoms with E-state index in [-0.39, 0.29) is 34.6 Å². The van der Waals surface area contributed by atoms with E-state index in [1.54, 1.807) is 0 Å². The van der Waals surface area contributed by atoms with Gasteiger partial charge in [-0.15, -0.1) is 23.1 Å². The highest BCUT2D eigenvalue weighted by Gasteiger charge is 2.54. The van der Waals surface area contributed by atoms with Gasteiger partial charge in [0.25, 0.3) is 11.8 Å². The maximum Gasteiger partial charge on any atom is 0.352 e. The van der Waals surface area contributed by atoms with Crippen LogP contribution in [0.2, 0.25) is 0 Å². The van der Waals surface area contributed by atoms with Gasteiger partial charge in [0.05, 0.1) is 0 Å². The predicted octanol–water partition coefficient (Wildman–Crippen LogP) is -0.271. The first-order valence-electron chi connectivity index (χ1n) is 8.96. The van der Waals surface area contributed by atoms with Crippen molar-refractivity contribution in [2.24, 2.45) is 5.16 Å². The molecule has 0 saturated carbocycles. The number of anilines is 1. The van der Waals surface area contributed by atoms with E-state index in [1.807, 2.05) is 0 Å². The number of nitrogens with two attached hydrogens (primary N) is 1. The van der Waals surface area contributed by atoms with Crippen LogP contribution in [-0.4, -0.2) is 68.2 Å². The Morgan fingerprint density at radius 1 is 1.47 bits per heavy atom. The van der Waals surface area contributed by atoms with Gasteiger partial charge in [0.15, 0.2) is 10.8 Å². The van der Waals surface area contributed by atoms with Crippen molar-refractivity contribution in [3.63, 3.8) is 0 Å². The average Bonchev–Trinajstić information content (AvgIpc) is 3.18. The fourth-order valence-electron chi connectivity index (χ4n) is 2.91. The number of esters is 1. The van der Waals surface area contributed by atoms with Gasteiger partial charge in [0.2, 0.25) is 0 Å². The minimum absolute atomic E-state index is 0.137. The van der Waals surface area contributed by atoms with Crippen LogP contribution in [0.25, 0.3) is 0 Å². The zero-order valence-electron chi connectivity index (χ0n) is 16.8. The molecule has 2 aliphatic rings. The molecule has 0 radical (unpaired) electrons. The number of carboxylic acids is 1. The topological polar surface area (TPSA) is 174 Å². The number of carboxylic acid groups (broad SMARTS) is 1. The maximum atomic E-state index is 12.8. The van der Waals surface area contributed by atoms with E-state index < -0.39 is 35.2 Å². The van der Waals surface area contributed by atoms with Gasteiger partial charge in [-0.1, -0.05) is 11.1 Å². The number of aromatic nitrogens is 1. The normalized spacial score (nSPS) is 19.9. The Morgan fingerprint density at radius 2 is 2.22 bits per heavy atom. The first-order valence-corrected chi connectivity index (χ1v) is 10.9. The number of oxime groups is 1. The Kier molecular flexibility index (Phi) is 7.01. The summed E-state index contributed by atoms with van der Waals surface area (Å²) in [5.41, 5.74) is 5.55. The molecule has 0 unspecified atom stereocenters. The third-order valence-electron chi connectivity index (χ3n) is 4.25. The van der Waals surface area contributed by atoms with E-state index in [4.69, 9.17) is 15.3 Å². The number of carbonyl (C=O) groups excluding carboxylic acids is 3. The van der Waals surface area contributed by atoms with Crippen LogP contribution >= 0.6 is 23.1 Å². The second-order valence-electron chi connectivity index (χ2n) is 6.35. The van der Waals surface area contributed by atoms with Crippen LogP contribution in [0.3, 0.4) is 0 Å². The molecule has 32 heavy (non-hydrogen) atoms. The summed E-state index contributed by atoms with van der Waals surface area (Å²) in [6, 6.07) is -1.00. The molecule has 0 spiro atoms. The average molecular weight is 479 g/mol. The highest BCUT2D eigenvalue weighted by Crippen LogP contribution is 2.40. The first-order chi connectivity index (χ1) is 15.2. The summed E-state index contributed by atoms with van der Waals surface area (Å²) < 4.78 is 4.89. The van der Waals surface area contributed by atoms with Gasteiger partial charge in [-0.2, -0.15) is 0 Å². The molecular formula is C18H17N5O7S2. The van der Waals surface area contributed by atoms with Gasteiger partial charge in [-0.25, -0.2) is 9.78 Å². The summed E-state index contributed by atoms with van der Waals surface area (Å²) in [4.78, 5) is 58.2. The number of amides is 2. The van der Waals surface area contributed by atoms with Gasteiger partial charge in [0, 0.05) is 30.6 Å². The molecule has 12 nitrogen and oxygen atoms in total. The fraction of sp³-hybridized carbons (Fsp3) is 0.333. The van der Waals surface area contributed by atoms with Gasteiger partial charge in [0.1, 0.15) is 35.5 Å². The number of nitrogens with zero attached hydrogens (tertiary/aromatic N) is 3. The van der Waals surface area contributed by atoms with Crippen LogP contribution in [0.15, 0.2) is 21.8 Å². The number of carbonyl (C=O) groups is 4. The number of nitrogen functional groups attached to an aromatic ring is 1. The number of ether oxygens (including phenoxy) is 1. The molecule has 14 heteroatoms. The van der Waals surface area contributed by atoms with Crippen molar-refractivity contribution in [3.8, 4) is 12.0 Å². The Balaban J connectivity index is 1.79. The van der Waals surface area contributed by atoms with Crippen LogP contribution in [-0.2, 0) is 28.8 Å². The second-order valence-corrected chi connectivity index (χ2v) is 8.35. The maximum absolute atomic E-state index is 12.8. The molecule has 0 aromatic carbocycles. The fourth-order valence-corrected chi connectivity index (χ4v) is 4.78. The third-order valence-corrected chi connectivity index (χ3v) is 6.26. The molecule has 0 bridgehead atoms. The zero-order valence-corrected chi connectivity index (χ0v) is 18.4. The van der Waals surface area contributed by atoms with Crippen molar-refractivity contribution >= 4 is 57.7 Å². The second kappa shape index (κ2) is 9.71. The largest absolute Gasteiger partial charge is 0.477 e. The lowest BCUT2D eigenvalue weighted by Crippen LogP contribution is -2.71. The van der Waals surface area contributed by atoms with Gasteiger partial charge in [-0.3, -0.25) is 19.3 Å². The highest BCUT2D eigenvalue weighted by molar-refractivity contribution is 8.00. The van der Waals surface area contributed by atoms with E-state index in [2.05, 4.69) is 27.5 Å². The zero-order chi connectivity index (χ0) is 23.4. The number of aliphatic carboxylic acids is 1. The molecule has 1 saturated heterocycles. The van der Waals surface area contributed by atoms with Crippen LogP contribution in [0.4, 0.5) is 5.13 Å². The molecule has 3 heterocycles. The Bertz CT molecular complexity index is 1100. The van der Waals surface area contributed by atoms with Crippen molar-refractivity contribution in [2.75, 3.05) is 18.1 Å². The Hall–Kier alpha value is -3.57. The van der Waals surface area contributed by atoms with E-state index in [1.165, 1.54) is 31.0 Å². The van der Waals surface area contributed by atoms with Crippen molar-refractivity contribution in [3.05, 3.63) is 22.3 Å². The van der Waals surface area contributed by atoms with Crippen molar-refractivity contribution in [2.45, 2.75) is 25.3 Å². The Labute approximate surface area is 189 Å². The van der Waals surface area contributed by atoms with Crippen LogP contribution < -0.4 is 11.1 Å². The quantitative estimate of drug-likeness (QED) is 0.155. The molecule has 4 N–H and O–H groups in total. The lowest BCUT2D eigenvalue weighted by molar-refractivity contribution is -0.150. The summed E-state index contributed by atoms with van der Waals surface area (Å²) in [5, 5.41) is 16.8. The standard InChI is InChI=1S/C18H17N5O7S2/c1-3-4-30-22-11(10-7-32-18(19)20-10)14(25)21-12-15(26)23-13(17(27)28)9(5-29-8(2)24)6-31-16(12)23/h7,12,16H,5-6H2,1-2H3,(H2,19,20)(H,21,25)(H,27,28)/b22-11-/t12-,16-/m1/s1. The van der Waals surface area contributed by atoms with Gasteiger partial charge < -0.3 is 25.7 Å². The smallest absolute Gasteiger partial charge is 0.352 e. The van der Waals surface area contributed by atoms with Crippen molar-refractivity contribution in [1.82, 2.24) is 15.2 Å². The Morgan fingerprint density at radius 3 is 2.81 bits per heavy atom. The lowest BCUT2D eigenvalue weighted by Gasteiger charge is -2.49. The third kappa shape index (κ3) is 4.68. The number of β-lactam (4-membered cyclic amide) rings is 1. The van der Waals surface area contributed by atoms with E-state index >= 15 is 0 Å². The molecule has 1 fully saturated rings. The molecule has 2 aliphatic heterocycles. The summed E-state index contributed by atoms with van der Waals surface area (Å²) in [6.07, 6.45) is 2.23. The predicted molar refractivity (Wildman–Crippen MR) is 114 cm³/mol. The first kappa shape index (κ1) is 23.1. The summed E-state index contributed by atoms with van der Waals surface area (Å²) in [6.45, 7) is 2.47. The van der Waals surface area contributed by atoms with E-state index in [9.17, 15) is 24.3 Å². The number of hydrogen-bond donors (Lipinski definition) is 3. The number of rotatable bonds is 7. The van der Waals surface area contributed by atoms with Crippen LogP contribution in [0.1, 0.15) is 19.5 Å². The molecule has 1 aromatic rings. The van der Waals surface area contributed by atoms with Gasteiger partial charge in [-0.05, 0) is 0 Å². The van der Waals surface area contributed by atoms with Crippen LogP contribution in [0, 0.1) is 12.0 Å². The minimum Gasteiger partial charge on any atom is -0.477 e. The van der Waals surface area contributed by atoms with E-state index in [0.717, 1.165) is 16.2 Å². The SMILES string of the molecule is CC#CO/N=C(\C(=O)N[C@@H]1C(=O)N2C(C(=O)O)=C(COC(C)=O)CS[C@H]12)c1csc(N)n1. The summed E-state index contributed by atoms with van der Waals surface area (Å²) in [7, 11) is 0. The highest BCUT2D eigenvalue weighted by atomic mass is 32.2. The molecule has 3 rings (SSSR count). The van der Waals surface area contributed by atoms with E-state index in [0.29, 0.717) is 5.57 Å². The molecule has 0 aliphatic carbocycles. The molecule has 2 amide bonds. The number of thiazole rings is 1. The number of nitrogens with one attached hydrogen (secondary N) is 1. The minimum atomic E-state index is -1.33. The van der Waals surface area contributed by atoms with Crippen molar-refractivity contribution in [1.29, 1.82) is 0 Å².